The van der Waals surface area contributed by atoms with E-state index in [0.717, 1.165) is 10.0 Å². The van der Waals surface area contributed by atoms with E-state index in [0.29, 0.717) is 12.8 Å². The van der Waals surface area contributed by atoms with Crippen LogP contribution in [-0.4, -0.2) is 16.1 Å². The Labute approximate surface area is 97.7 Å². The Kier molecular flexibility index (Phi) is 3.85. The van der Waals surface area contributed by atoms with Crippen molar-refractivity contribution in [3.63, 3.8) is 0 Å². The van der Waals surface area contributed by atoms with Gasteiger partial charge in [0.15, 0.2) is 0 Å². The van der Waals surface area contributed by atoms with Gasteiger partial charge in [-0.1, -0.05) is 6.92 Å². The second kappa shape index (κ2) is 4.75. The van der Waals surface area contributed by atoms with Crippen LogP contribution in [0.25, 0.3) is 0 Å². The van der Waals surface area contributed by atoms with E-state index in [1.807, 2.05) is 13.0 Å². The third-order valence-electron chi connectivity index (χ3n) is 2.65. The van der Waals surface area contributed by atoms with Gasteiger partial charge in [-0.25, -0.2) is 0 Å². The summed E-state index contributed by atoms with van der Waals surface area (Å²) in [5.74, 6) is -0.759. The number of halogens is 1. The van der Waals surface area contributed by atoms with Crippen molar-refractivity contribution >= 4 is 21.9 Å². The van der Waals surface area contributed by atoms with Gasteiger partial charge in [0.25, 0.3) is 0 Å². The third kappa shape index (κ3) is 3.02. The Bertz CT molecular complexity index is 367. The molecule has 0 saturated heterocycles. The van der Waals surface area contributed by atoms with E-state index in [9.17, 15) is 4.79 Å². The van der Waals surface area contributed by atoms with Gasteiger partial charge in [0.1, 0.15) is 0 Å². The van der Waals surface area contributed by atoms with E-state index in [2.05, 4.69) is 20.9 Å². The molecule has 0 aliphatic rings. The number of carboxylic acids is 1. The van der Waals surface area contributed by atoms with E-state index < -0.39 is 11.4 Å². The van der Waals surface area contributed by atoms with Gasteiger partial charge in [0, 0.05) is 16.9 Å². The Morgan fingerprint density at radius 3 is 2.73 bits per heavy atom. The molecule has 0 fully saturated rings. The minimum atomic E-state index is -0.759. The second-order valence-corrected chi connectivity index (χ2v) is 4.82. The van der Waals surface area contributed by atoms with Crippen LogP contribution in [0.5, 0.6) is 0 Å². The van der Waals surface area contributed by atoms with Gasteiger partial charge in [-0.2, -0.15) is 0 Å². The molecule has 4 heteroatoms. The number of hydrogen-bond donors (Lipinski definition) is 1. The zero-order chi connectivity index (χ0) is 11.5. The molecule has 1 aromatic rings. The summed E-state index contributed by atoms with van der Waals surface area (Å²) in [6.07, 6.45) is 4.51. The molecule has 0 saturated carbocycles. The normalized spacial score (nSPS) is 14.6. The van der Waals surface area contributed by atoms with Crippen molar-refractivity contribution < 1.29 is 9.90 Å². The van der Waals surface area contributed by atoms with Crippen molar-refractivity contribution in [2.24, 2.45) is 5.41 Å². The van der Waals surface area contributed by atoms with Gasteiger partial charge in [0.05, 0.1) is 5.41 Å². The molecule has 15 heavy (non-hydrogen) atoms. The highest BCUT2D eigenvalue weighted by Gasteiger charge is 2.31. The van der Waals surface area contributed by atoms with Crippen LogP contribution in [0.15, 0.2) is 22.9 Å². The minimum absolute atomic E-state index is 0.505. The number of nitrogens with zero attached hydrogens (tertiary/aromatic N) is 1. The number of rotatable bonds is 4. The van der Waals surface area contributed by atoms with Crippen molar-refractivity contribution in [3.05, 3.63) is 28.5 Å². The molecule has 0 amide bonds. The van der Waals surface area contributed by atoms with Crippen molar-refractivity contribution in [1.82, 2.24) is 4.98 Å². The lowest BCUT2D eigenvalue weighted by Gasteiger charge is -2.22. The van der Waals surface area contributed by atoms with Crippen LogP contribution in [0.1, 0.15) is 25.8 Å². The molecule has 1 N–H and O–H groups in total. The molecule has 1 unspecified atom stereocenters. The monoisotopic (exact) mass is 271 g/mol. The summed E-state index contributed by atoms with van der Waals surface area (Å²) in [4.78, 5) is 15.1. The molecule has 1 atom stereocenters. The fourth-order valence-corrected chi connectivity index (χ4v) is 1.77. The number of aromatic nitrogens is 1. The van der Waals surface area contributed by atoms with Crippen LogP contribution in [0, 0.1) is 5.41 Å². The maximum absolute atomic E-state index is 11.1. The molecule has 0 bridgehead atoms. The highest BCUT2D eigenvalue weighted by atomic mass is 79.9. The smallest absolute Gasteiger partial charge is 0.309 e. The first-order valence-electron chi connectivity index (χ1n) is 4.81. The molecular formula is C11H14BrNO2. The topological polar surface area (TPSA) is 50.2 Å². The van der Waals surface area contributed by atoms with Crippen LogP contribution >= 0.6 is 15.9 Å². The summed E-state index contributed by atoms with van der Waals surface area (Å²) in [5.41, 5.74) is 0.235. The molecule has 0 aromatic carbocycles. The molecular weight excluding hydrogens is 258 g/mol. The first kappa shape index (κ1) is 12.2. The van der Waals surface area contributed by atoms with Crippen LogP contribution in [0.2, 0.25) is 0 Å². The number of aliphatic carboxylic acids is 1. The lowest BCUT2D eigenvalue weighted by Crippen LogP contribution is -2.29. The summed E-state index contributed by atoms with van der Waals surface area (Å²) < 4.78 is 0.879. The summed E-state index contributed by atoms with van der Waals surface area (Å²) in [6.45, 7) is 3.65. The van der Waals surface area contributed by atoms with Crippen molar-refractivity contribution in [2.45, 2.75) is 26.7 Å². The Morgan fingerprint density at radius 2 is 2.27 bits per heavy atom. The number of carbonyl (C=O) groups is 1. The quantitative estimate of drug-likeness (QED) is 0.916. The molecule has 1 rings (SSSR count). The van der Waals surface area contributed by atoms with E-state index in [1.54, 1.807) is 19.3 Å². The molecule has 0 aliphatic carbocycles. The summed E-state index contributed by atoms with van der Waals surface area (Å²) >= 11 is 3.32. The first-order chi connectivity index (χ1) is 6.98. The SMILES string of the molecule is CCC(C)(Cc1cncc(Br)c1)C(=O)O. The van der Waals surface area contributed by atoms with Crippen LogP contribution in [0.4, 0.5) is 0 Å². The Hall–Kier alpha value is -0.900. The molecule has 3 nitrogen and oxygen atoms in total. The average molecular weight is 272 g/mol. The zero-order valence-corrected chi connectivity index (χ0v) is 10.4. The van der Waals surface area contributed by atoms with Gasteiger partial charge >= 0.3 is 5.97 Å². The molecule has 0 radical (unpaired) electrons. The lowest BCUT2D eigenvalue weighted by molar-refractivity contribution is -0.148. The predicted octanol–water partition coefficient (Wildman–Crippen LogP) is 2.89. The highest BCUT2D eigenvalue weighted by molar-refractivity contribution is 9.10. The summed E-state index contributed by atoms with van der Waals surface area (Å²) in [6, 6.07) is 1.91. The average Bonchev–Trinajstić information content (AvgIpc) is 2.17. The van der Waals surface area contributed by atoms with Crippen LogP contribution < -0.4 is 0 Å². The molecule has 0 spiro atoms. The van der Waals surface area contributed by atoms with Gasteiger partial charge in [0.2, 0.25) is 0 Å². The number of pyridine rings is 1. The second-order valence-electron chi connectivity index (χ2n) is 3.91. The fourth-order valence-electron chi connectivity index (χ4n) is 1.35. The summed E-state index contributed by atoms with van der Waals surface area (Å²) in [7, 11) is 0. The van der Waals surface area contributed by atoms with Crippen LogP contribution in [0.3, 0.4) is 0 Å². The zero-order valence-electron chi connectivity index (χ0n) is 8.83. The van der Waals surface area contributed by atoms with Crippen molar-refractivity contribution in [1.29, 1.82) is 0 Å². The van der Waals surface area contributed by atoms with Gasteiger partial charge in [-0.3, -0.25) is 9.78 Å². The number of carboxylic acid groups (broad SMARTS) is 1. The van der Waals surface area contributed by atoms with Crippen molar-refractivity contribution in [2.75, 3.05) is 0 Å². The Balaban J connectivity index is 2.89. The number of hydrogen-bond acceptors (Lipinski definition) is 2. The van der Waals surface area contributed by atoms with Gasteiger partial charge in [-0.05, 0) is 47.3 Å². The third-order valence-corrected chi connectivity index (χ3v) is 3.09. The molecule has 1 aromatic heterocycles. The summed E-state index contributed by atoms with van der Waals surface area (Å²) in [5, 5.41) is 9.13. The molecule has 82 valence electrons. The van der Waals surface area contributed by atoms with Crippen LogP contribution in [-0.2, 0) is 11.2 Å². The van der Waals surface area contributed by atoms with Crippen molar-refractivity contribution in [3.8, 4) is 0 Å². The van der Waals surface area contributed by atoms with E-state index in [-0.39, 0.29) is 0 Å². The van der Waals surface area contributed by atoms with Gasteiger partial charge < -0.3 is 5.11 Å². The molecule has 0 aliphatic heterocycles. The van der Waals surface area contributed by atoms with E-state index >= 15 is 0 Å². The minimum Gasteiger partial charge on any atom is -0.481 e. The van der Waals surface area contributed by atoms with E-state index in [4.69, 9.17) is 5.11 Å². The highest BCUT2D eigenvalue weighted by Crippen LogP contribution is 2.27. The predicted molar refractivity (Wildman–Crippen MR) is 61.7 cm³/mol. The lowest BCUT2D eigenvalue weighted by atomic mass is 9.82. The maximum atomic E-state index is 11.1. The largest absolute Gasteiger partial charge is 0.481 e. The first-order valence-corrected chi connectivity index (χ1v) is 5.60. The van der Waals surface area contributed by atoms with E-state index in [1.165, 1.54) is 0 Å². The Morgan fingerprint density at radius 1 is 1.60 bits per heavy atom. The fraction of sp³-hybridized carbons (Fsp3) is 0.455. The maximum Gasteiger partial charge on any atom is 0.309 e. The molecule has 1 heterocycles. The standard InChI is InChI=1S/C11H14BrNO2/c1-3-11(2,10(14)15)5-8-4-9(12)7-13-6-8/h4,6-7H,3,5H2,1-2H3,(H,14,15). The van der Waals surface area contributed by atoms with Gasteiger partial charge in [-0.15, -0.1) is 0 Å².